The van der Waals surface area contributed by atoms with Crippen LogP contribution in [0.2, 0.25) is 0 Å². The summed E-state index contributed by atoms with van der Waals surface area (Å²) in [5, 5.41) is 7.35. The number of H-pyrrole nitrogens is 1. The van der Waals surface area contributed by atoms with Crippen molar-refractivity contribution in [3.63, 3.8) is 0 Å². The average Bonchev–Trinajstić information content (AvgIpc) is 3.19. The van der Waals surface area contributed by atoms with Crippen molar-refractivity contribution in [1.29, 1.82) is 0 Å². The quantitative estimate of drug-likeness (QED) is 0.786. The minimum Gasteiger partial charge on any atom is -0.328 e. The first-order valence-corrected chi connectivity index (χ1v) is 8.79. The lowest BCUT2D eigenvalue weighted by molar-refractivity contribution is 0.0600. The van der Waals surface area contributed by atoms with Crippen molar-refractivity contribution in [3.05, 3.63) is 59.9 Å². The molecule has 4 rings (SSSR count). The molecule has 3 aromatic heterocycles. The van der Waals surface area contributed by atoms with Crippen molar-refractivity contribution in [2.75, 3.05) is 6.54 Å². The lowest BCUT2D eigenvalue weighted by Crippen LogP contribution is -2.39. The van der Waals surface area contributed by atoms with Crippen LogP contribution in [0.25, 0.3) is 11.4 Å². The number of carbonyl (C=O) groups excluding carboxylic acids is 1. The predicted molar refractivity (Wildman–Crippen MR) is 96.2 cm³/mol. The Bertz CT molecular complexity index is 890. The molecule has 1 aliphatic rings. The molecule has 1 aliphatic heterocycles. The van der Waals surface area contributed by atoms with Gasteiger partial charge in [0, 0.05) is 36.4 Å². The maximum absolute atomic E-state index is 13.0. The molecular weight excluding hydrogens is 328 g/mol. The van der Waals surface area contributed by atoms with Crippen LogP contribution >= 0.6 is 0 Å². The summed E-state index contributed by atoms with van der Waals surface area (Å²) in [5.41, 5.74) is 2.41. The number of aromatic nitrogens is 5. The number of piperidine rings is 1. The van der Waals surface area contributed by atoms with E-state index < -0.39 is 0 Å². The molecule has 7 heteroatoms. The number of likely N-dealkylation sites (tertiary alicyclic amines) is 1. The maximum Gasteiger partial charge on any atom is 0.256 e. The van der Waals surface area contributed by atoms with Gasteiger partial charge in [-0.3, -0.25) is 19.9 Å². The van der Waals surface area contributed by atoms with Crippen molar-refractivity contribution < 1.29 is 4.79 Å². The molecule has 0 unspecified atom stereocenters. The van der Waals surface area contributed by atoms with Crippen molar-refractivity contribution in [1.82, 2.24) is 30.0 Å². The van der Waals surface area contributed by atoms with Gasteiger partial charge in [-0.2, -0.15) is 5.10 Å². The standard InChI is InChI=1S/C19H20N6O/c1-13-5-6-15(12-21-13)19(26)25-11-3-2-4-16(25)18-22-17(23-24-18)14-7-9-20-10-8-14/h5-10,12,16H,2-4,11H2,1H3,(H,22,23,24)/t16-/m0/s1. The van der Waals surface area contributed by atoms with Gasteiger partial charge in [-0.25, -0.2) is 4.98 Å². The van der Waals surface area contributed by atoms with Gasteiger partial charge in [0.05, 0.1) is 11.6 Å². The number of hydrogen-bond acceptors (Lipinski definition) is 5. The third kappa shape index (κ3) is 3.20. The summed E-state index contributed by atoms with van der Waals surface area (Å²) in [6, 6.07) is 7.34. The smallest absolute Gasteiger partial charge is 0.256 e. The van der Waals surface area contributed by atoms with Crippen LogP contribution in [-0.4, -0.2) is 42.5 Å². The molecule has 1 atom stereocenters. The molecule has 1 fully saturated rings. The van der Waals surface area contributed by atoms with Crippen LogP contribution < -0.4 is 0 Å². The Morgan fingerprint density at radius 1 is 1.19 bits per heavy atom. The van der Waals surface area contributed by atoms with E-state index in [1.54, 1.807) is 18.6 Å². The second-order valence-electron chi connectivity index (χ2n) is 6.48. The average molecular weight is 348 g/mol. The molecule has 0 aliphatic carbocycles. The monoisotopic (exact) mass is 348 g/mol. The van der Waals surface area contributed by atoms with Crippen LogP contribution in [0, 0.1) is 6.92 Å². The van der Waals surface area contributed by atoms with Gasteiger partial charge in [0.2, 0.25) is 0 Å². The molecule has 1 amide bonds. The molecule has 3 aromatic rings. The highest BCUT2D eigenvalue weighted by Gasteiger charge is 2.31. The molecule has 0 bridgehead atoms. The summed E-state index contributed by atoms with van der Waals surface area (Å²) >= 11 is 0. The number of pyridine rings is 2. The third-order valence-corrected chi connectivity index (χ3v) is 4.68. The van der Waals surface area contributed by atoms with Gasteiger partial charge < -0.3 is 4.90 Å². The Hall–Kier alpha value is -3.09. The fourth-order valence-electron chi connectivity index (χ4n) is 3.27. The summed E-state index contributed by atoms with van der Waals surface area (Å²) in [5.74, 6) is 1.34. The summed E-state index contributed by atoms with van der Waals surface area (Å²) < 4.78 is 0. The van der Waals surface area contributed by atoms with Gasteiger partial charge in [-0.1, -0.05) is 0 Å². The minimum absolute atomic E-state index is 0.0101. The number of carbonyl (C=O) groups is 1. The topological polar surface area (TPSA) is 87.7 Å². The van der Waals surface area contributed by atoms with E-state index in [-0.39, 0.29) is 11.9 Å². The predicted octanol–water partition coefficient (Wildman–Crippen LogP) is 2.94. The third-order valence-electron chi connectivity index (χ3n) is 4.68. The van der Waals surface area contributed by atoms with Crippen LogP contribution in [0.15, 0.2) is 42.9 Å². The lowest BCUT2D eigenvalue weighted by Gasteiger charge is -2.34. The van der Waals surface area contributed by atoms with Crippen LogP contribution in [0.5, 0.6) is 0 Å². The van der Waals surface area contributed by atoms with E-state index in [0.29, 0.717) is 17.9 Å². The van der Waals surface area contributed by atoms with Crippen LogP contribution in [0.4, 0.5) is 0 Å². The first kappa shape index (κ1) is 16.4. The molecule has 7 nitrogen and oxygen atoms in total. The molecule has 0 spiro atoms. The number of hydrogen-bond donors (Lipinski definition) is 1. The van der Waals surface area contributed by atoms with Gasteiger partial charge in [-0.05, 0) is 50.5 Å². The fourth-order valence-corrected chi connectivity index (χ4v) is 3.27. The highest BCUT2D eigenvalue weighted by molar-refractivity contribution is 5.94. The number of nitrogens with zero attached hydrogens (tertiary/aromatic N) is 5. The summed E-state index contributed by atoms with van der Waals surface area (Å²) in [6.45, 7) is 2.62. The first-order chi connectivity index (χ1) is 12.7. The van der Waals surface area contributed by atoms with Gasteiger partial charge in [-0.15, -0.1) is 0 Å². The van der Waals surface area contributed by atoms with E-state index in [9.17, 15) is 4.79 Å². The van der Waals surface area contributed by atoms with Gasteiger partial charge in [0.1, 0.15) is 5.82 Å². The van der Waals surface area contributed by atoms with Crippen molar-refractivity contribution in [3.8, 4) is 11.4 Å². The molecule has 1 saturated heterocycles. The summed E-state index contributed by atoms with van der Waals surface area (Å²) in [6.07, 6.45) is 8.00. The molecule has 0 saturated carbocycles. The van der Waals surface area contributed by atoms with Gasteiger partial charge in [0.15, 0.2) is 5.82 Å². The highest BCUT2D eigenvalue weighted by Crippen LogP contribution is 2.31. The molecule has 0 radical (unpaired) electrons. The Morgan fingerprint density at radius 2 is 2.04 bits per heavy atom. The van der Waals surface area contributed by atoms with Gasteiger partial charge >= 0.3 is 0 Å². The van der Waals surface area contributed by atoms with Crippen molar-refractivity contribution in [2.45, 2.75) is 32.2 Å². The zero-order valence-corrected chi connectivity index (χ0v) is 14.6. The molecule has 132 valence electrons. The maximum atomic E-state index is 13.0. The molecule has 26 heavy (non-hydrogen) atoms. The first-order valence-electron chi connectivity index (χ1n) is 8.79. The van der Waals surface area contributed by atoms with E-state index in [1.807, 2.05) is 36.1 Å². The SMILES string of the molecule is Cc1ccc(C(=O)N2CCCC[C@H]2c2nc(-c3ccncc3)n[nH]2)cn1. The fraction of sp³-hybridized carbons (Fsp3) is 0.316. The van der Waals surface area contributed by atoms with Crippen LogP contribution in [0.3, 0.4) is 0 Å². The van der Waals surface area contributed by atoms with E-state index in [1.165, 1.54) is 0 Å². The normalized spacial score (nSPS) is 17.3. The molecular formula is C19H20N6O. The Labute approximate surface area is 151 Å². The largest absolute Gasteiger partial charge is 0.328 e. The summed E-state index contributed by atoms with van der Waals surface area (Å²) in [4.78, 5) is 27.8. The number of aromatic amines is 1. The lowest BCUT2D eigenvalue weighted by atomic mass is 10.0. The van der Waals surface area contributed by atoms with E-state index in [2.05, 4.69) is 25.1 Å². The molecule has 4 heterocycles. The van der Waals surface area contributed by atoms with Crippen LogP contribution in [0.1, 0.15) is 47.2 Å². The highest BCUT2D eigenvalue weighted by atomic mass is 16.2. The van der Waals surface area contributed by atoms with Crippen molar-refractivity contribution in [2.24, 2.45) is 0 Å². The number of aryl methyl sites for hydroxylation is 1. The van der Waals surface area contributed by atoms with Gasteiger partial charge in [0.25, 0.3) is 5.91 Å². The second kappa shape index (κ2) is 7.03. The zero-order chi connectivity index (χ0) is 17.9. The van der Waals surface area contributed by atoms with E-state index in [4.69, 9.17) is 0 Å². The Morgan fingerprint density at radius 3 is 2.81 bits per heavy atom. The van der Waals surface area contributed by atoms with Crippen LogP contribution in [-0.2, 0) is 0 Å². The molecule has 0 aromatic carbocycles. The van der Waals surface area contributed by atoms with Crippen molar-refractivity contribution >= 4 is 5.91 Å². The Balaban J connectivity index is 1.61. The number of rotatable bonds is 3. The van der Waals surface area contributed by atoms with E-state index in [0.717, 1.165) is 36.3 Å². The second-order valence-corrected chi connectivity index (χ2v) is 6.48. The minimum atomic E-state index is -0.0966. The number of nitrogens with one attached hydrogen (secondary N) is 1. The molecule has 1 N–H and O–H groups in total. The number of amides is 1. The van der Waals surface area contributed by atoms with E-state index >= 15 is 0 Å². The summed E-state index contributed by atoms with van der Waals surface area (Å²) in [7, 11) is 0. The zero-order valence-electron chi connectivity index (χ0n) is 14.6. The Kier molecular flexibility index (Phi) is 4.43.